The molecule has 1 aliphatic heterocycles. The molecule has 8 nitrogen and oxygen atoms in total. The van der Waals surface area contributed by atoms with E-state index in [0.717, 1.165) is 0 Å². The second-order valence-electron chi connectivity index (χ2n) is 7.76. The van der Waals surface area contributed by atoms with Gasteiger partial charge in [0.2, 0.25) is 0 Å². The summed E-state index contributed by atoms with van der Waals surface area (Å²) < 4.78 is 21.7. The molecule has 3 rings (SSSR count). The van der Waals surface area contributed by atoms with Crippen molar-refractivity contribution < 1.29 is 33.6 Å². The molecule has 1 unspecified atom stereocenters. The number of carbonyl (C=O) groups is 2. The number of ether oxygens (including phenoxy) is 4. The molecule has 1 N–H and O–H groups in total. The van der Waals surface area contributed by atoms with Gasteiger partial charge in [-0.05, 0) is 38.1 Å². The number of nitrogens with zero attached hydrogens (tertiary/aromatic N) is 1. The van der Waals surface area contributed by atoms with Gasteiger partial charge in [-0.1, -0.05) is 18.2 Å². The van der Waals surface area contributed by atoms with Gasteiger partial charge in [-0.3, -0.25) is 9.59 Å². The highest BCUT2D eigenvalue weighted by Gasteiger charge is 2.47. The van der Waals surface area contributed by atoms with Crippen molar-refractivity contribution in [1.82, 2.24) is 4.90 Å². The Balaban J connectivity index is 2.22. The van der Waals surface area contributed by atoms with Crippen molar-refractivity contribution in [1.29, 1.82) is 0 Å². The van der Waals surface area contributed by atoms with Crippen LogP contribution in [0.2, 0.25) is 0 Å². The number of rotatable bonds is 9. The number of ketones is 1. The lowest BCUT2D eigenvalue weighted by Gasteiger charge is -2.27. The quantitative estimate of drug-likeness (QED) is 0.351. The molecule has 1 heterocycles. The van der Waals surface area contributed by atoms with Crippen LogP contribution in [0.15, 0.2) is 48.0 Å². The van der Waals surface area contributed by atoms with Gasteiger partial charge in [0.05, 0.1) is 38.5 Å². The van der Waals surface area contributed by atoms with E-state index in [0.29, 0.717) is 28.4 Å². The molecule has 176 valence electrons. The fraction of sp³-hybridized carbons (Fsp3) is 0.360. The van der Waals surface area contributed by atoms with Gasteiger partial charge in [0.15, 0.2) is 11.5 Å². The van der Waals surface area contributed by atoms with Crippen LogP contribution in [0.4, 0.5) is 0 Å². The van der Waals surface area contributed by atoms with Crippen LogP contribution >= 0.6 is 0 Å². The Morgan fingerprint density at radius 1 is 1.00 bits per heavy atom. The molecule has 1 fully saturated rings. The number of Topliss-reactive ketones (excluding diaryl/α,β-unsaturated/α-hetero) is 1. The van der Waals surface area contributed by atoms with E-state index in [1.807, 2.05) is 19.9 Å². The van der Waals surface area contributed by atoms with Crippen molar-refractivity contribution in [2.45, 2.75) is 26.0 Å². The molecule has 1 aliphatic rings. The third kappa shape index (κ3) is 4.80. The number of carbonyl (C=O) groups excluding carboxylic acids is 2. The van der Waals surface area contributed by atoms with Crippen LogP contribution in [-0.2, 0) is 14.3 Å². The minimum Gasteiger partial charge on any atom is -0.507 e. The lowest BCUT2D eigenvalue weighted by molar-refractivity contribution is -0.140. The molecule has 0 radical (unpaired) electrons. The van der Waals surface area contributed by atoms with E-state index in [-0.39, 0.29) is 30.6 Å². The SMILES string of the molecule is COCCN1C(=O)C(=O)/C(=C(\O)c2ccc(OC)c(OC)c2)C1c1ccccc1OC(C)C. The molecule has 2 aromatic carbocycles. The molecule has 1 amide bonds. The summed E-state index contributed by atoms with van der Waals surface area (Å²) in [5, 5.41) is 11.3. The van der Waals surface area contributed by atoms with Crippen molar-refractivity contribution >= 4 is 17.4 Å². The van der Waals surface area contributed by atoms with E-state index < -0.39 is 17.7 Å². The van der Waals surface area contributed by atoms with Gasteiger partial charge in [-0.2, -0.15) is 0 Å². The number of aliphatic hydroxyl groups is 1. The average molecular weight is 456 g/mol. The Labute approximate surface area is 193 Å². The lowest BCUT2D eigenvalue weighted by atomic mass is 9.94. The van der Waals surface area contributed by atoms with E-state index in [2.05, 4.69) is 0 Å². The summed E-state index contributed by atoms with van der Waals surface area (Å²) in [4.78, 5) is 27.5. The fourth-order valence-corrected chi connectivity index (χ4v) is 3.83. The first kappa shape index (κ1) is 24.1. The molecule has 1 saturated heterocycles. The minimum atomic E-state index is -0.844. The van der Waals surface area contributed by atoms with Crippen molar-refractivity contribution in [2.24, 2.45) is 0 Å². The fourth-order valence-electron chi connectivity index (χ4n) is 3.83. The van der Waals surface area contributed by atoms with Crippen LogP contribution in [-0.4, -0.2) is 62.3 Å². The molecule has 0 aromatic heterocycles. The first-order valence-electron chi connectivity index (χ1n) is 10.6. The number of likely N-dealkylation sites (tertiary alicyclic amines) is 1. The number of aliphatic hydroxyl groups excluding tert-OH is 1. The van der Waals surface area contributed by atoms with E-state index in [1.165, 1.54) is 26.2 Å². The van der Waals surface area contributed by atoms with Crippen LogP contribution in [0.1, 0.15) is 31.0 Å². The smallest absolute Gasteiger partial charge is 0.295 e. The summed E-state index contributed by atoms with van der Waals surface area (Å²) in [5.74, 6) is -0.406. The number of para-hydroxylation sites is 1. The van der Waals surface area contributed by atoms with Gasteiger partial charge >= 0.3 is 0 Å². The zero-order chi connectivity index (χ0) is 24.1. The number of hydrogen-bond donors (Lipinski definition) is 1. The normalized spacial score (nSPS) is 17.5. The molecule has 2 aromatic rings. The highest BCUT2D eigenvalue weighted by Crippen LogP contribution is 2.43. The Morgan fingerprint density at radius 3 is 2.33 bits per heavy atom. The Kier molecular flexibility index (Phi) is 7.60. The van der Waals surface area contributed by atoms with Crippen molar-refractivity contribution in [3.8, 4) is 17.2 Å². The van der Waals surface area contributed by atoms with Crippen LogP contribution in [0, 0.1) is 0 Å². The summed E-state index contributed by atoms with van der Waals surface area (Å²) in [6, 6.07) is 11.1. The molecule has 33 heavy (non-hydrogen) atoms. The van der Waals surface area contributed by atoms with E-state index in [1.54, 1.807) is 36.4 Å². The van der Waals surface area contributed by atoms with E-state index >= 15 is 0 Å². The largest absolute Gasteiger partial charge is 0.507 e. The molecular formula is C25H29NO7. The number of methoxy groups -OCH3 is 3. The molecular weight excluding hydrogens is 426 g/mol. The topological polar surface area (TPSA) is 94.5 Å². The maximum Gasteiger partial charge on any atom is 0.295 e. The zero-order valence-corrected chi connectivity index (χ0v) is 19.5. The maximum atomic E-state index is 13.1. The maximum absolute atomic E-state index is 13.1. The lowest BCUT2D eigenvalue weighted by Crippen LogP contribution is -2.33. The highest BCUT2D eigenvalue weighted by molar-refractivity contribution is 6.46. The molecule has 0 spiro atoms. The second kappa shape index (κ2) is 10.4. The number of amides is 1. The van der Waals surface area contributed by atoms with Crippen LogP contribution in [0.5, 0.6) is 17.2 Å². The molecule has 1 atom stereocenters. The molecule has 0 bridgehead atoms. The Bertz CT molecular complexity index is 1060. The number of benzene rings is 2. The summed E-state index contributed by atoms with van der Waals surface area (Å²) in [6.45, 7) is 4.18. The van der Waals surface area contributed by atoms with Gasteiger partial charge in [0.25, 0.3) is 11.7 Å². The summed E-state index contributed by atoms with van der Waals surface area (Å²) in [7, 11) is 4.50. The van der Waals surface area contributed by atoms with Crippen molar-refractivity contribution in [3.05, 3.63) is 59.2 Å². The van der Waals surface area contributed by atoms with Crippen LogP contribution in [0.3, 0.4) is 0 Å². The third-order valence-corrected chi connectivity index (χ3v) is 5.31. The minimum absolute atomic E-state index is 0.0249. The van der Waals surface area contributed by atoms with Gasteiger partial charge in [0.1, 0.15) is 11.5 Å². The van der Waals surface area contributed by atoms with Gasteiger partial charge in [-0.25, -0.2) is 0 Å². The van der Waals surface area contributed by atoms with Crippen molar-refractivity contribution in [2.75, 3.05) is 34.5 Å². The molecule has 8 heteroatoms. The van der Waals surface area contributed by atoms with E-state index in [4.69, 9.17) is 18.9 Å². The zero-order valence-electron chi connectivity index (χ0n) is 19.5. The van der Waals surface area contributed by atoms with Gasteiger partial charge in [-0.15, -0.1) is 0 Å². The predicted octanol–water partition coefficient (Wildman–Crippen LogP) is 3.56. The predicted molar refractivity (Wildman–Crippen MR) is 123 cm³/mol. The van der Waals surface area contributed by atoms with Gasteiger partial charge < -0.3 is 29.0 Å². The second-order valence-corrected chi connectivity index (χ2v) is 7.76. The molecule has 0 saturated carbocycles. The van der Waals surface area contributed by atoms with Crippen LogP contribution in [0.25, 0.3) is 5.76 Å². The monoisotopic (exact) mass is 455 g/mol. The van der Waals surface area contributed by atoms with Crippen LogP contribution < -0.4 is 14.2 Å². The first-order valence-corrected chi connectivity index (χ1v) is 10.6. The summed E-state index contributed by atoms with van der Waals surface area (Å²) >= 11 is 0. The third-order valence-electron chi connectivity index (χ3n) is 5.31. The first-order chi connectivity index (χ1) is 15.8. The number of hydrogen-bond acceptors (Lipinski definition) is 7. The average Bonchev–Trinajstić information content (AvgIpc) is 3.06. The molecule has 0 aliphatic carbocycles. The summed E-state index contributed by atoms with van der Waals surface area (Å²) in [6.07, 6.45) is -0.127. The van der Waals surface area contributed by atoms with Gasteiger partial charge in [0, 0.05) is 24.8 Å². The highest BCUT2D eigenvalue weighted by atomic mass is 16.5. The summed E-state index contributed by atoms with van der Waals surface area (Å²) in [5.41, 5.74) is 0.899. The standard InChI is InChI=1S/C25H29NO7/c1-15(2)33-18-9-7-6-8-17(18)22-21(24(28)25(29)26(22)12-13-30-3)23(27)16-10-11-19(31-4)20(14-16)32-5/h6-11,14-15,22,27H,12-13H2,1-5H3/b23-21-. The van der Waals surface area contributed by atoms with E-state index in [9.17, 15) is 14.7 Å². The Morgan fingerprint density at radius 2 is 1.70 bits per heavy atom. The van der Waals surface area contributed by atoms with Crippen molar-refractivity contribution in [3.63, 3.8) is 0 Å². The Hall–Kier alpha value is -3.52.